The molecule has 2 heteroatoms. The van der Waals surface area contributed by atoms with E-state index in [9.17, 15) is 0 Å². The minimum atomic E-state index is 0.768. The van der Waals surface area contributed by atoms with Crippen LogP contribution in [0.3, 0.4) is 0 Å². The third-order valence-electron chi connectivity index (χ3n) is 3.04. The monoisotopic (exact) mass is 255 g/mol. The number of nitrogens with one attached hydrogen (secondary N) is 1. The number of fused-ring (bicyclic) bond motifs is 1. The molecule has 0 unspecified atom stereocenters. The highest BCUT2D eigenvalue weighted by atomic mass is 16.5. The average Bonchev–Trinajstić information content (AvgIpc) is 2.46. The van der Waals surface area contributed by atoms with Crippen molar-refractivity contribution < 1.29 is 4.74 Å². The van der Waals surface area contributed by atoms with Gasteiger partial charge in [-0.1, -0.05) is 42.5 Å². The number of unbranched alkanes of at least 4 members (excludes halogenated alkanes) is 1. The number of ether oxygens (including phenoxy) is 1. The summed E-state index contributed by atoms with van der Waals surface area (Å²) in [5, 5.41) is 5.71. The quantitative estimate of drug-likeness (QED) is 0.572. The van der Waals surface area contributed by atoms with E-state index in [0.717, 1.165) is 38.3 Å². The summed E-state index contributed by atoms with van der Waals surface area (Å²) >= 11 is 0. The van der Waals surface area contributed by atoms with Gasteiger partial charge in [-0.2, -0.15) is 0 Å². The van der Waals surface area contributed by atoms with Gasteiger partial charge in [-0.25, -0.2) is 0 Å². The second kappa shape index (κ2) is 7.59. The van der Waals surface area contributed by atoms with Crippen LogP contribution in [0.25, 0.3) is 10.8 Å². The molecule has 0 fully saturated rings. The van der Waals surface area contributed by atoms with Gasteiger partial charge in [0.05, 0.1) is 6.61 Å². The van der Waals surface area contributed by atoms with Crippen LogP contribution in [0.5, 0.6) is 5.75 Å². The number of hydrogen-bond acceptors (Lipinski definition) is 2. The molecular formula is C17H21NO. The van der Waals surface area contributed by atoms with Crippen molar-refractivity contribution in [2.24, 2.45) is 0 Å². The molecule has 19 heavy (non-hydrogen) atoms. The summed E-state index contributed by atoms with van der Waals surface area (Å²) in [5.41, 5.74) is 0. The Bertz CT molecular complexity index is 516. The van der Waals surface area contributed by atoms with E-state index in [4.69, 9.17) is 4.74 Å². The largest absolute Gasteiger partial charge is 0.493 e. The van der Waals surface area contributed by atoms with Crippen molar-refractivity contribution in [1.82, 2.24) is 5.32 Å². The van der Waals surface area contributed by atoms with Gasteiger partial charge in [0.2, 0.25) is 0 Å². The van der Waals surface area contributed by atoms with Crippen LogP contribution in [-0.2, 0) is 0 Å². The van der Waals surface area contributed by atoms with E-state index in [1.807, 2.05) is 24.3 Å². The smallest absolute Gasteiger partial charge is 0.127 e. The highest BCUT2D eigenvalue weighted by molar-refractivity contribution is 5.88. The molecule has 0 saturated heterocycles. The SMILES string of the molecule is C=CCNCCCCOc1cccc2ccccc12. The molecule has 0 bridgehead atoms. The van der Waals surface area contributed by atoms with Crippen LogP contribution < -0.4 is 10.1 Å². The molecule has 0 aliphatic carbocycles. The molecule has 2 aromatic rings. The van der Waals surface area contributed by atoms with Crippen molar-refractivity contribution in [3.8, 4) is 5.75 Å². The average molecular weight is 255 g/mol. The predicted molar refractivity (Wildman–Crippen MR) is 81.7 cm³/mol. The lowest BCUT2D eigenvalue weighted by molar-refractivity contribution is 0.309. The summed E-state index contributed by atoms with van der Waals surface area (Å²) in [6.07, 6.45) is 4.07. The fraction of sp³-hybridized carbons (Fsp3) is 0.294. The minimum Gasteiger partial charge on any atom is -0.493 e. The van der Waals surface area contributed by atoms with Gasteiger partial charge >= 0.3 is 0 Å². The molecule has 0 saturated carbocycles. The van der Waals surface area contributed by atoms with Gasteiger partial charge in [0, 0.05) is 11.9 Å². The van der Waals surface area contributed by atoms with Crippen LogP contribution in [0.15, 0.2) is 55.1 Å². The lowest BCUT2D eigenvalue weighted by atomic mass is 10.1. The molecule has 100 valence electrons. The Labute approximate surface area is 115 Å². The zero-order valence-electron chi connectivity index (χ0n) is 11.3. The molecule has 1 N–H and O–H groups in total. The van der Waals surface area contributed by atoms with Crippen LogP contribution in [0.2, 0.25) is 0 Å². The van der Waals surface area contributed by atoms with Crippen molar-refractivity contribution in [1.29, 1.82) is 0 Å². The van der Waals surface area contributed by atoms with Crippen molar-refractivity contribution in [2.45, 2.75) is 12.8 Å². The first kappa shape index (κ1) is 13.6. The normalized spacial score (nSPS) is 10.5. The Balaban J connectivity index is 1.80. The fourth-order valence-corrected chi connectivity index (χ4v) is 2.06. The number of hydrogen-bond donors (Lipinski definition) is 1. The predicted octanol–water partition coefficient (Wildman–Crippen LogP) is 3.77. The van der Waals surface area contributed by atoms with Gasteiger partial charge in [0.1, 0.15) is 5.75 Å². The fourth-order valence-electron chi connectivity index (χ4n) is 2.06. The topological polar surface area (TPSA) is 21.3 Å². The van der Waals surface area contributed by atoms with Crippen LogP contribution in [0.1, 0.15) is 12.8 Å². The Morgan fingerprint density at radius 1 is 1.05 bits per heavy atom. The van der Waals surface area contributed by atoms with Crippen LogP contribution in [0, 0.1) is 0 Å². The van der Waals surface area contributed by atoms with E-state index in [1.165, 1.54) is 10.8 Å². The summed E-state index contributed by atoms with van der Waals surface area (Å²) in [4.78, 5) is 0. The molecular weight excluding hydrogens is 234 g/mol. The summed E-state index contributed by atoms with van der Waals surface area (Å²) in [7, 11) is 0. The first-order chi connectivity index (χ1) is 9.42. The molecule has 2 rings (SSSR count). The number of rotatable bonds is 8. The van der Waals surface area contributed by atoms with E-state index in [2.05, 4.69) is 36.2 Å². The Hall–Kier alpha value is -1.80. The second-order valence-corrected chi connectivity index (χ2v) is 4.53. The molecule has 2 aromatic carbocycles. The summed E-state index contributed by atoms with van der Waals surface area (Å²) in [5.74, 6) is 0.983. The van der Waals surface area contributed by atoms with Crippen molar-refractivity contribution in [2.75, 3.05) is 19.7 Å². The van der Waals surface area contributed by atoms with E-state index < -0.39 is 0 Å². The van der Waals surface area contributed by atoms with Gasteiger partial charge in [0.25, 0.3) is 0 Å². The van der Waals surface area contributed by atoms with E-state index in [1.54, 1.807) is 0 Å². The maximum atomic E-state index is 5.88. The standard InChI is InChI=1S/C17H21NO/c1-2-12-18-13-5-6-14-19-17-11-7-9-15-8-3-4-10-16(15)17/h2-4,7-11,18H,1,5-6,12-14H2. The zero-order valence-corrected chi connectivity index (χ0v) is 11.3. The molecule has 0 atom stereocenters. The number of benzene rings is 2. The van der Waals surface area contributed by atoms with Gasteiger partial charge in [0.15, 0.2) is 0 Å². The lowest BCUT2D eigenvalue weighted by Crippen LogP contribution is -2.15. The van der Waals surface area contributed by atoms with E-state index in [0.29, 0.717) is 0 Å². The molecule has 2 nitrogen and oxygen atoms in total. The van der Waals surface area contributed by atoms with Gasteiger partial charge in [-0.05, 0) is 30.8 Å². The second-order valence-electron chi connectivity index (χ2n) is 4.53. The van der Waals surface area contributed by atoms with Crippen molar-refractivity contribution in [3.05, 3.63) is 55.1 Å². The Morgan fingerprint density at radius 3 is 2.79 bits per heavy atom. The Kier molecular flexibility index (Phi) is 5.45. The van der Waals surface area contributed by atoms with Crippen molar-refractivity contribution in [3.63, 3.8) is 0 Å². The maximum Gasteiger partial charge on any atom is 0.127 e. The third kappa shape index (κ3) is 4.11. The molecule has 0 spiro atoms. The maximum absolute atomic E-state index is 5.88. The Morgan fingerprint density at radius 2 is 1.89 bits per heavy atom. The molecule has 0 aliphatic rings. The molecule has 0 radical (unpaired) electrons. The summed E-state index contributed by atoms with van der Waals surface area (Å²) < 4.78 is 5.88. The van der Waals surface area contributed by atoms with Gasteiger partial charge < -0.3 is 10.1 Å². The first-order valence-corrected chi connectivity index (χ1v) is 6.84. The highest BCUT2D eigenvalue weighted by Gasteiger charge is 2.00. The van der Waals surface area contributed by atoms with E-state index in [-0.39, 0.29) is 0 Å². The molecule has 0 aliphatic heterocycles. The van der Waals surface area contributed by atoms with Gasteiger partial charge in [-0.15, -0.1) is 6.58 Å². The van der Waals surface area contributed by atoms with Crippen molar-refractivity contribution >= 4 is 10.8 Å². The zero-order chi connectivity index (χ0) is 13.3. The molecule has 0 amide bonds. The summed E-state index contributed by atoms with van der Waals surface area (Å²) in [6.45, 7) is 6.34. The highest BCUT2D eigenvalue weighted by Crippen LogP contribution is 2.25. The molecule has 0 heterocycles. The van der Waals surface area contributed by atoms with Crippen LogP contribution in [0.4, 0.5) is 0 Å². The summed E-state index contributed by atoms with van der Waals surface area (Å²) in [6, 6.07) is 14.5. The molecule has 0 aromatic heterocycles. The lowest BCUT2D eigenvalue weighted by Gasteiger charge is -2.09. The third-order valence-corrected chi connectivity index (χ3v) is 3.04. The minimum absolute atomic E-state index is 0.768. The van der Waals surface area contributed by atoms with Crippen LogP contribution in [-0.4, -0.2) is 19.7 Å². The van der Waals surface area contributed by atoms with Crippen LogP contribution >= 0.6 is 0 Å². The van der Waals surface area contributed by atoms with E-state index >= 15 is 0 Å². The van der Waals surface area contributed by atoms with Gasteiger partial charge in [-0.3, -0.25) is 0 Å². The first-order valence-electron chi connectivity index (χ1n) is 6.84.